The molecule has 0 unspecified atom stereocenters. The van der Waals surface area contributed by atoms with Crippen molar-refractivity contribution in [2.45, 2.75) is 46.8 Å². The number of rotatable bonds is 7. The molecule has 0 bridgehead atoms. The van der Waals surface area contributed by atoms with E-state index in [1.807, 2.05) is 62.4 Å². The fourth-order valence-corrected chi connectivity index (χ4v) is 4.99. The van der Waals surface area contributed by atoms with Crippen LogP contribution in [0.2, 0.25) is 0 Å². The number of carbonyl (C=O) groups is 2. The van der Waals surface area contributed by atoms with Crippen molar-refractivity contribution in [3.8, 4) is 0 Å². The van der Waals surface area contributed by atoms with Gasteiger partial charge < -0.3 is 10.1 Å². The number of hydrogen-bond donors (Lipinski definition) is 1. The lowest BCUT2D eigenvalue weighted by molar-refractivity contribution is -0.118. The first-order valence-corrected chi connectivity index (χ1v) is 12.2. The van der Waals surface area contributed by atoms with E-state index in [2.05, 4.69) is 10.3 Å². The summed E-state index contributed by atoms with van der Waals surface area (Å²) < 4.78 is 6.76. The molecule has 0 fully saturated rings. The summed E-state index contributed by atoms with van der Waals surface area (Å²) in [5.74, 6) is -0.814. The fourth-order valence-electron chi connectivity index (χ4n) is 3.95. The molecule has 0 radical (unpaired) electrons. The van der Waals surface area contributed by atoms with Crippen LogP contribution in [0.1, 0.15) is 51.8 Å². The summed E-state index contributed by atoms with van der Waals surface area (Å²) in [6, 6.07) is 14.5. The Morgan fingerprint density at radius 1 is 1.11 bits per heavy atom. The number of anilines is 1. The minimum Gasteiger partial charge on any atom is -0.457 e. The summed E-state index contributed by atoms with van der Waals surface area (Å²) in [6.07, 6.45) is 2.14. The van der Waals surface area contributed by atoms with Gasteiger partial charge in [0.05, 0.1) is 11.7 Å². The van der Waals surface area contributed by atoms with Crippen LogP contribution in [-0.2, 0) is 22.6 Å². The monoisotopic (exact) mass is 489 g/mol. The van der Waals surface area contributed by atoms with Crippen molar-refractivity contribution >= 4 is 39.1 Å². The molecule has 0 aliphatic heterocycles. The summed E-state index contributed by atoms with van der Waals surface area (Å²) in [7, 11) is 0. The molecule has 0 aliphatic rings. The van der Waals surface area contributed by atoms with Crippen molar-refractivity contribution in [1.82, 2.24) is 9.55 Å². The van der Waals surface area contributed by atoms with Crippen LogP contribution in [-0.4, -0.2) is 21.4 Å². The van der Waals surface area contributed by atoms with Crippen LogP contribution in [0.4, 0.5) is 5.69 Å². The molecular formula is C27H27N3O4S. The molecule has 0 aliphatic carbocycles. The van der Waals surface area contributed by atoms with Crippen molar-refractivity contribution in [2.75, 3.05) is 5.32 Å². The summed E-state index contributed by atoms with van der Waals surface area (Å²) >= 11 is 1.12. The van der Waals surface area contributed by atoms with Gasteiger partial charge in [0.1, 0.15) is 22.4 Å². The van der Waals surface area contributed by atoms with Gasteiger partial charge in [-0.15, -0.1) is 11.3 Å². The van der Waals surface area contributed by atoms with Crippen molar-refractivity contribution < 1.29 is 14.3 Å². The highest BCUT2D eigenvalue weighted by Gasteiger charge is 2.24. The highest BCUT2D eigenvalue weighted by Crippen LogP contribution is 2.28. The first kappa shape index (κ1) is 24.3. The number of fused-ring (bicyclic) bond motifs is 1. The largest absolute Gasteiger partial charge is 0.457 e. The number of nitrogens with zero attached hydrogens (tertiary/aromatic N) is 2. The fraction of sp³-hybridized carbons (Fsp3) is 0.259. The number of benzene rings is 2. The molecule has 4 aromatic rings. The standard InChI is InChI=1S/C27H27N3O4S/c1-5-20-13-9-10-16(2)22(20)29-24(31)18(4)30-15-28-25-21(26(30)32)17(3)23(35-25)27(33)34-14-19-11-7-6-8-12-19/h6-13,15,18H,5,14H2,1-4H3,(H,29,31)/t18-/m0/s1. The second-order valence-corrected chi connectivity index (χ2v) is 9.38. The van der Waals surface area contributed by atoms with Crippen molar-refractivity contribution in [2.24, 2.45) is 0 Å². The molecular weight excluding hydrogens is 462 g/mol. The maximum atomic E-state index is 13.4. The zero-order chi connectivity index (χ0) is 25.1. The molecule has 2 aromatic carbocycles. The minimum absolute atomic E-state index is 0.140. The molecule has 180 valence electrons. The molecule has 2 heterocycles. The van der Waals surface area contributed by atoms with Gasteiger partial charge in [-0.25, -0.2) is 9.78 Å². The molecule has 2 aromatic heterocycles. The predicted molar refractivity (Wildman–Crippen MR) is 138 cm³/mol. The Labute approximate surface area is 207 Å². The third kappa shape index (κ3) is 4.88. The average Bonchev–Trinajstić information content (AvgIpc) is 3.21. The lowest BCUT2D eigenvalue weighted by Gasteiger charge is -2.18. The Hall–Kier alpha value is -3.78. The van der Waals surface area contributed by atoms with E-state index in [0.717, 1.165) is 40.1 Å². The summed E-state index contributed by atoms with van der Waals surface area (Å²) in [5.41, 5.74) is 3.77. The summed E-state index contributed by atoms with van der Waals surface area (Å²) in [6.45, 7) is 7.47. The Kier molecular flexibility index (Phi) is 7.12. The number of esters is 1. The van der Waals surface area contributed by atoms with Crippen LogP contribution in [0, 0.1) is 13.8 Å². The molecule has 1 atom stereocenters. The maximum Gasteiger partial charge on any atom is 0.349 e. The quantitative estimate of drug-likeness (QED) is 0.361. The van der Waals surface area contributed by atoms with Crippen LogP contribution in [0.25, 0.3) is 10.2 Å². The van der Waals surface area contributed by atoms with Gasteiger partial charge in [-0.05, 0) is 49.4 Å². The van der Waals surface area contributed by atoms with Gasteiger partial charge in [0, 0.05) is 5.69 Å². The smallest absolute Gasteiger partial charge is 0.349 e. The molecule has 0 saturated carbocycles. The Morgan fingerprint density at radius 3 is 2.57 bits per heavy atom. The SMILES string of the molecule is CCc1cccc(C)c1NC(=O)[C@H](C)n1cnc2sc(C(=O)OCc3ccccc3)c(C)c2c1=O. The van der Waals surface area contributed by atoms with Crippen molar-refractivity contribution in [1.29, 1.82) is 0 Å². The predicted octanol–water partition coefficient (Wildman–Crippen LogP) is 5.19. The lowest BCUT2D eigenvalue weighted by atomic mass is 10.1. The first-order valence-electron chi connectivity index (χ1n) is 11.4. The van der Waals surface area contributed by atoms with E-state index in [9.17, 15) is 14.4 Å². The van der Waals surface area contributed by atoms with E-state index in [-0.39, 0.29) is 18.1 Å². The van der Waals surface area contributed by atoms with E-state index >= 15 is 0 Å². The number of aryl methyl sites for hydroxylation is 3. The number of aromatic nitrogens is 2. The molecule has 4 rings (SSSR count). The highest BCUT2D eigenvalue weighted by molar-refractivity contribution is 7.20. The average molecular weight is 490 g/mol. The molecule has 0 spiro atoms. The molecule has 1 amide bonds. The number of carbonyl (C=O) groups excluding carboxylic acids is 2. The second-order valence-electron chi connectivity index (χ2n) is 8.38. The maximum absolute atomic E-state index is 13.4. The number of thiophene rings is 1. The normalized spacial score (nSPS) is 11.9. The van der Waals surface area contributed by atoms with Crippen LogP contribution >= 0.6 is 11.3 Å². The van der Waals surface area contributed by atoms with Crippen molar-refractivity contribution in [3.05, 3.63) is 92.3 Å². The van der Waals surface area contributed by atoms with E-state index in [4.69, 9.17) is 4.74 Å². The van der Waals surface area contributed by atoms with Crippen LogP contribution < -0.4 is 10.9 Å². The Bertz CT molecular complexity index is 1460. The first-order chi connectivity index (χ1) is 16.8. The van der Waals surface area contributed by atoms with E-state index in [1.54, 1.807) is 13.8 Å². The Balaban J connectivity index is 1.59. The zero-order valence-electron chi connectivity index (χ0n) is 20.1. The molecule has 0 saturated heterocycles. The molecule has 35 heavy (non-hydrogen) atoms. The van der Waals surface area contributed by atoms with E-state index < -0.39 is 12.0 Å². The number of para-hydroxylation sites is 1. The molecule has 1 N–H and O–H groups in total. The number of nitrogens with one attached hydrogen (secondary N) is 1. The Morgan fingerprint density at radius 2 is 1.86 bits per heavy atom. The third-order valence-corrected chi connectivity index (χ3v) is 7.24. The van der Waals surface area contributed by atoms with E-state index in [0.29, 0.717) is 20.7 Å². The number of hydrogen-bond acceptors (Lipinski definition) is 6. The van der Waals surface area contributed by atoms with Crippen LogP contribution in [0.5, 0.6) is 0 Å². The van der Waals surface area contributed by atoms with Gasteiger partial charge in [0.15, 0.2) is 0 Å². The highest BCUT2D eigenvalue weighted by atomic mass is 32.1. The van der Waals surface area contributed by atoms with Gasteiger partial charge in [0.2, 0.25) is 5.91 Å². The van der Waals surface area contributed by atoms with Gasteiger partial charge in [-0.1, -0.05) is 55.5 Å². The van der Waals surface area contributed by atoms with Gasteiger partial charge >= 0.3 is 5.97 Å². The second kappa shape index (κ2) is 10.2. The lowest BCUT2D eigenvalue weighted by Crippen LogP contribution is -2.32. The van der Waals surface area contributed by atoms with Gasteiger partial charge in [0.25, 0.3) is 5.56 Å². The van der Waals surface area contributed by atoms with E-state index in [1.165, 1.54) is 10.9 Å². The van der Waals surface area contributed by atoms with Crippen molar-refractivity contribution in [3.63, 3.8) is 0 Å². The number of amides is 1. The topological polar surface area (TPSA) is 90.3 Å². The van der Waals surface area contributed by atoms with Gasteiger partial charge in [-0.3, -0.25) is 14.2 Å². The number of ether oxygens (including phenoxy) is 1. The third-order valence-electron chi connectivity index (χ3n) is 6.06. The zero-order valence-corrected chi connectivity index (χ0v) is 20.9. The summed E-state index contributed by atoms with van der Waals surface area (Å²) in [4.78, 5) is 44.3. The van der Waals surface area contributed by atoms with Gasteiger partial charge in [-0.2, -0.15) is 0 Å². The van der Waals surface area contributed by atoms with Crippen LogP contribution in [0.3, 0.4) is 0 Å². The summed E-state index contributed by atoms with van der Waals surface area (Å²) in [5, 5.41) is 3.30. The minimum atomic E-state index is -0.795. The molecule has 7 nitrogen and oxygen atoms in total. The van der Waals surface area contributed by atoms with Crippen LogP contribution in [0.15, 0.2) is 59.7 Å². The molecule has 8 heteroatoms.